The zero-order chi connectivity index (χ0) is 10.4. The molecule has 1 nitrogen and oxygen atoms in total. The van der Waals surface area contributed by atoms with Crippen molar-refractivity contribution in [3.63, 3.8) is 0 Å². The smallest absolute Gasteiger partial charge is 0.0476 e. The van der Waals surface area contributed by atoms with Crippen LogP contribution in [0.5, 0.6) is 0 Å². The van der Waals surface area contributed by atoms with Crippen LogP contribution < -0.4 is 0 Å². The molecular formula is C13H10BrN. The van der Waals surface area contributed by atoms with E-state index in [2.05, 4.69) is 64.2 Å². The molecule has 74 valence electrons. The third-order valence-electron chi connectivity index (χ3n) is 2.81. The van der Waals surface area contributed by atoms with Gasteiger partial charge in [0.05, 0.1) is 0 Å². The standard InChI is InChI=1S/C13H10BrN/c1-8-4-2-6-10-12(8)13-9(14)5-3-7-11(13)15-10/h2-7,15H,1H3. The Labute approximate surface area is 96.2 Å². The average Bonchev–Trinajstić information content (AvgIpc) is 2.58. The van der Waals surface area contributed by atoms with Gasteiger partial charge < -0.3 is 4.98 Å². The third kappa shape index (κ3) is 1.21. The minimum atomic E-state index is 1.15. The minimum absolute atomic E-state index is 1.15. The number of halogens is 1. The van der Waals surface area contributed by atoms with Crippen molar-refractivity contribution in [2.45, 2.75) is 6.92 Å². The van der Waals surface area contributed by atoms with Crippen molar-refractivity contribution in [2.24, 2.45) is 0 Å². The molecule has 2 aromatic carbocycles. The minimum Gasteiger partial charge on any atom is -0.354 e. The highest BCUT2D eigenvalue weighted by Gasteiger charge is 2.08. The van der Waals surface area contributed by atoms with Crippen LogP contribution in [0.15, 0.2) is 40.9 Å². The maximum atomic E-state index is 3.61. The van der Waals surface area contributed by atoms with Crippen LogP contribution in [-0.4, -0.2) is 4.98 Å². The van der Waals surface area contributed by atoms with Gasteiger partial charge in [0.2, 0.25) is 0 Å². The molecule has 0 aliphatic rings. The molecule has 1 aromatic heterocycles. The van der Waals surface area contributed by atoms with Gasteiger partial charge in [-0.25, -0.2) is 0 Å². The number of fused-ring (bicyclic) bond motifs is 3. The molecule has 3 aromatic rings. The monoisotopic (exact) mass is 259 g/mol. The summed E-state index contributed by atoms with van der Waals surface area (Å²) in [6, 6.07) is 12.6. The zero-order valence-corrected chi connectivity index (χ0v) is 9.93. The van der Waals surface area contributed by atoms with Crippen LogP contribution in [0.4, 0.5) is 0 Å². The van der Waals surface area contributed by atoms with E-state index >= 15 is 0 Å². The predicted molar refractivity (Wildman–Crippen MR) is 68.2 cm³/mol. The van der Waals surface area contributed by atoms with Gasteiger partial charge in [-0.1, -0.05) is 34.1 Å². The molecule has 0 aliphatic heterocycles. The summed E-state index contributed by atoms with van der Waals surface area (Å²) in [7, 11) is 0. The van der Waals surface area contributed by atoms with Gasteiger partial charge in [0, 0.05) is 26.3 Å². The van der Waals surface area contributed by atoms with Crippen LogP contribution >= 0.6 is 15.9 Å². The van der Waals surface area contributed by atoms with Crippen LogP contribution in [0.25, 0.3) is 21.8 Å². The second-order valence-corrected chi connectivity index (χ2v) is 4.64. The van der Waals surface area contributed by atoms with E-state index in [0.29, 0.717) is 0 Å². The fraction of sp³-hybridized carbons (Fsp3) is 0.0769. The second kappa shape index (κ2) is 3.11. The van der Waals surface area contributed by atoms with E-state index in [0.717, 1.165) is 4.47 Å². The molecule has 0 fully saturated rings. The molecule has 3 rings (SSSR count). The fourth-order valence-corrected chi connectivity index (χ4v) is 2.70. The Hall–Kier alpha value is -1.28. The molecule has 0 unspecified atom stereocenters. The summed E-state index contributed by atoms with van der Waals surface area (Å²) in [4.78, 5) is 3.43. The van der Waals surface area contributed by atoms with E-state index in [1.54, 1.807) is 0 Å². The lowest BCUT2D eigenvalue weighted by atomic mass is 10.1. The predicted octanol–water partition coefficient (Wildman–Crippen LogP) is 4.39. The average molecular weight is 260 g/mol. The van der Waals surface area contributed by atoms with Crippen molar-refractivity contribution >= 4 is 37.7 Å². The second-order valence-electron chi connectivity index (χ2n) is 3.78. The molecule has 0 saturated carbocycles. The van der Waals surface area contributed by atoms with Crippen molar-refractivity contribution in [2.75, 3.05) is 0 Å². The molecule has 0 bridgehead atoms. The van der Waals surface area contributed by atoms with E-state index in [9.17, 15) is 0 Å². The highest BCUT2D eigenvalue weighted by atomic mass is 79.9. The topological polar surface area (TPSA) is 15.8 Å². The molecule has 0 atom stereocenters. The summed E-state index contributed by atoms with van der Waals surface area (Å²) >= 11 is 3.61. The van der Waals surface area contributed by atoms with Gasteiger partial charge in [0.15, 0.2) is 0 Å². The number of aromatic amines is 1. The van der Waals surface area contributed by atoms with Gasteiger partial charge in [-0.2, -0.15) is 0 Å². The lowest BCUT2D eigenvalue weighted by Crippen LogP contribution is -1.74. The van der Waals surface area contributed by atoms with E-state index in [1.807, 2.05) is 0 Å². The number of hydrogen-bond donors (Lipinski definition) is 1. The summed E-state index contributed by atoms with van der Waals surface area (Å²) in [5.74, 6) is 0. The number of nitrogens with one attached hydrogen (secondary N) is 1. The molecule has 2 heteroatoms. The number of hydrogen-bond acceptors (Lipinski definition) is 0. The van der Waals surface area contributed by atoms with Crippen molar-refractivity contribution < 1.29 is 0 Å². The molecule has 0 amide bonds. The SMILES string of the molecule is Cc1cccc2[nH]c3cccc(Br)c3c12. The highest BCUT2D eigenvalue weighted by Crippen LogP contribution is 2.33. The van der Waals surface area contributed by atoms with Crippen LogP contribution in [0.2, 0.25) is 0 Å². The number of rotatable bonds is 0. The molecule has 0 saturated heterocycles. The maximum Gasteiger partial charge on any atom is 0.0476 e. The molecular weight excluding hydrogens is 250 g/mol. The number of aromatic nitrogens is 1. The Bertz CT molecular complexity index is 596. The summed E-state index contributed by atoms with van der Waals surface area (Å²) in [5, 5.41) is 2.60. The van der Waals surface area contributed by atoms with Gasteiger partial charge in [0.1, 0.15) is 0 Å². The van der Waals surface area contributed by atoms with E-state index in [4.69, 9.17) is 0 Å². The van der Waals surface area contributed by atoms with Gasteiger partial charge in [0.25, 0.3) is 0 Å². The molecule has 1 heterocycles. The first-order chi connectivity index (χ1) is 7.27. The molecule has 1 N–H and O–H groups in total. The number of H-pyrrole nitrogens is 1. The summed E-state index contributed by atoms with van der Waals surface area (Å²) < 4.78 is 1.15. The van der Waals surface area contributed by atoms with Gasteiger partial charge in [-0.15, -0.1) is 0 Å². The van der Waals surface area contributed by atoms with E-state index < -0.39 is 0 Å². The van der Waals surface area contributed by atoms with E-state index in [-0.39, 0.29) is 0 Å². The zero-order valence-electron chi connectivity index (χ0n) is 8.34. The lowest BCUT2D eigenvalue weighted by molar-refractivity contribution is 1.51. The summed E-state index contributed by atoms with van der Waals surface area (Å²) in [6.45, 7) is 2.15. The van der Waals surface area contributed by atoms with Crippen molar-refractivity contribution in [1.29, 1.82) is 0 Å². The quantitative estimate of drug-likeness (QED) is 0.617. The van der Waals surface area contributed by atoms with Crippen LogP contribution in [-0.2, 0) is 0 Å². The van der Waals surface area contributed by atoms with E-state index in [1.165, 1.54) is 27.4 Å². The molecule has 0 spiro atoms. The van der Waals surface area contributed by atoms with Crippen molar-refractivity contribution in [1.82, 2.24) is 4.98 Å². The number of benzene rings is 2. The van der Waals surface area contributed by atoms with Crippen LogP contribution in [0, 0.1) is 6.92 Å². The first-order valence-corrected chi connectivity index (χ1v) is 5.72. The fourth-order valence-electron chi connectivity index (χ4n) is 2.13. The Kier molecular flexibility index (Phi) is 1.86. The maximum absolute atomic E-state index is 3.61. The Balaban J connectivity index is 2.67. The van der Waals surface area contributed by atoms with Gasteiger partial charge in [-0.05, 0) is 30.7 Å². The van der Waals surface area contributed by atoms with Crippen LogP contribution in [0.1, 0.15) is 5.56 Å². The lowest BCUT2D eigenvalue weighted by Gasteiger charge is -1.97. The molecule has 0 aliphatic carbocycles. The van der Waals surface area contributed by atoms with Gasteiger partial charge in [-0.3, -0.25) is 0 Å². The molecule has 15 heavy (non-hydrogen) atoms. The highest BCUT2D eigenvalue weighted by molar-refractivity contribution is 9.10. The summed E-state index contributed by atoms with van der Waals surface area (Å²) in [6.07, 6.45) is 0. The Morgan fingerprint density at radius 1 is 0.933 bits per heavy atom. The Morgan fingerprint density at radius 2 is 1.60 bits per heavy atom. The first-order valence-electron chi connectivity index (χ1n) is 4.93. The number of aryl methyl sites for hydroxylation is 1. The summed E-state index contributed by atoms with van der Waals surface area (Å²) in [5.41, 5.74) is 3.70. The van der Waals surface area contributed by atoms with Crippen molar-refractivity contribution in [3.05, 3.63) is 46.4 Å². The largest absolute Gasteiger partial charge is 0.354 e. The van der Waals surface area contributed by atoms with Gasteiger partial charge >= 0.3 is 0 Å². The van der Waals surface area contributed by atoms with Crippen molar-refractivity contribution in [3.8, 4) is 0 Å². The normalized spacial score (nSPS) is 11.3. The first kappa shape index (κ1) is 8.98. The Morgan fingerprint density at radius 3 is 2.40 bits per heavy atom. The third-order valence-corrected chi connectivity index (χ3v) is 3.47. The van der Waals surface area contributed by atoms with Crippen LogP contribution in [0.3, 0.4) is 0 Å². The molecule has 0 radical (unpaired) electrons.